The lowest BCUT2D eigenvalue weighted by molar-refractivity contribution is -0.131. The SMILES string of the molecule is CC(=O)Oc1ccc2c(-c3cc(C(=O)Nc4ccc(OP(=O)(O)Oc5ccc(NC(=O)Cc6cc(=O)oc7cc(O)c(Cl)cc67)cc5)cc4)ccc3C(=O)O)c3ccc(=O)cc-3oc2c1. The Bertz CT molecular complexity index is 3380. The van der Waals surface area contributed by atoms with Gasteiger partial charge in [0.2, 0.25) is 5.91 Å². The number of phenolic OH excluding ortho intramolecular Hbond substituents is 1. The van der Waals surface area contributed by atoms with E-state index in [0.717, 1.165) is 6.07 Å². The number of halogens is 1. The van der Waals surface area contributed by atoms with Crippen molar-refractivity contribution >= 4 is 76.5 Å². The van der Waals surface area contributed by atoms with Crippen molar-refractivity contribution in [2.45, 2.75) is 13.3 Å². The lowest BCUT2D eigenvalue weighted by atomic mass is 9.89. The van der Waals surface area contributed by atoms with Crippen LogP contribution in [0.1, 0.15) is 33.2 Å². The summed E-state index contributed by atoms with van der Waals surface area (Å²) in [5.41, 5.74) is 0.672. The predicted octanol–water partition coefficient (Wildman–Crippen LogP) is 8.65. The predicted molar refractivity (Wildman–Crippen MR) is 236 cm³/mol. The summed E-state index contributed by atoms with van der Waals surface area (Å²) in [5, 5.41) is 26.2. The highest BCUT2D eigenvalue weighted by Crippen LogP contribution is 2.45. The van der Waals surface area contributed by atoms with E-state index >= 15 is 0 Å². The van der Waals surface area contributed by atoms with Crippen LogP contribution < -0.4 is 35.5 Å². The normalized spacial score (nSPS) is 12.0. The zero-order valence-electron chi connectivity index (χ0n) is 33.3. The Morgan fingerprint density at radius 2 is 1.35 bits per heavy atom. The van der Waals surface area contributed by atoms with Crippen LogP contribution in [0.4, 0.5) is 11.4 Å². The fourth-order valence-corrected chi connectivity index (χ4v) is 7.87. The summed E-state index contributed by atoms with van der Waals surface area (Å²) < 4.78 is 39.6. The second-order valence-electron chi connectivity index (χ2n) is 14.2. The highest BCUT2D eigenvalue weighted by atomic mass is 35.5. The first-order valence-electron chi connectivity index (χ1n) is 19.0. The molecule has 5 N–H and O–H groups in total. The van der Waals surface area contributed by atoms with Crippen molar-refractivity contribution in [1.29, 1.82) is 0 Å². The van der Waals surface area contributed by atoms with Gasteiger partial charge in [0.1, 0.15) is 39.9 Å². The largest absolute Gasteiger partial charge is 0.584 e. The third-order valence-corrected chi connectivity index (χ3v) is 10.8. The van der Waals surface area contributed by atoms with Gasteiger partial charge in [0.25, 0.3) is 5.91 Å². The molecule has 0 bridgehead atoms. The van der Waals surface area contributed by atoms with Crippen molar-refractivity contribution in [1.82, 2.24) is 0 Å². The summed E-state index contributed by atoms with van der Waals surface area (Å²) in [4.78, 5) is 85.5. The Kier molecular flexibility index (Phi) is 11.7. The van der Waals surface area contributed by atoms with Gasteiger partial charge in [-0.3, -0.25) is 24.1 Å². The number of anilines is 2. The van der Waals surface area contributed by atoms with Crippen molar-refractivity contribution < 1.29 is 61.5 Å². The van der Waals surface area contributed by atoms with Crippen LogP contribution in [0.25, 0.3) is 44.4 Å². The monoisotopic (exact) mass is 916 g/mol. The number of aromatic carboxylic acids is 1. The second kappa shape index (κ2) is 17.5. The number of nitrogens with one attached hydrogen (secondary N) is 2. The van der Waals surface area contributed by atoms with Crippen LogP contribution in [0.2, 0.25) is 5.02 Å². The average Bonchev–Trinajstić information content (AvgIpc) is 3.24. The van der Waals surface area contributed by atoms with E-state index in [1.165, 1.54) is 116 Å². The van der Waals surface area contributed by atoms with E-state index in [0.29, 0.717) is 33.2 Å². The van der Waals surface area contributed by atoms with Gasteiger partial charge in [-0.25, -0.2) is 14.2 Å². The number of rotatable bonds is 12. The summed E-state index contributed by atoms with van der Waals surface area (Å²) >= 11 is 6.01. The number of carboxylic acids is 1. The van der Waals surface area contributed by atoms with Crippen LogP contribution in [0, 0.1) is 0 Å². The van der Waals surface area contributed by atoms with Crippen LogP contribution >= 0.6 is 19.4 Å². The molecule has 1 atom stereocenters. The Labute approximate surface area is 370 Å². The topological polar surface area (TPSA) is 258 Å². The molecule has 326 valence electrons. The highest BCUT2D eigenvalue weighted by molar-refractivity contribution is 7.48. The summed E-state index contributed by atoms with van der Waals surface area (Å²) in [6.45, 7) is 1.22. The van der Waals surface area contributed by atoms with E-state index < -0.39 is 37.2 Å². The maximum absolute atomic E-state index is 13.6. The van der Waals surface area contributed by atoms with E-state index in [9.17, 15) is 48.4 Å². The number of carboxylic acid groups (broad SMARTS) is 1. The number of phosphoric ester groups is 1. The molecule has 17 nitrogen and oxygen atoms in total. The lowest BCUT2D eigenvalue weighted by Crippen LogP contribution is -2.15. The van der Waals surface area contributed by atoms with E-state index in [2.05, 4.69) is 10.6 Å². The number of aromatic hydroxyl groups is 1. The maximum Gasteiger partial charge on any atom is 0.584 e. The van der Waals surface area contributed by atoms with Crippen molar-refractivity contribution in [3.63, 3.8) is 0 Å². The molecule has 65 heavy (non-hydrogen) atoms. The van der Waals surface area contributed by atoms with Gasteiger partial charge in [-0.05, 0) is 108 Å². The molecule has 2 aliphatic rings. The Balaban J connectivity index is 0.942. The number of hydrogen-bond donors (Lipinski definition) is 5. The summed E-state index contributed by atoms with van der Waals surface area (Å²) in [5.74, 6) is -3.25. The zero-order valence-corrected chi connectivity index (χ0v) is 35.0. The first kappa shape index (κ1) is 43.4. The van der Waals surface area contributed by atoms with Crippen LogP contribution in [0.3, 0.4) is 0 Å². The van der Waals surface area contributed by atoms with Gasteiger partial charge in [-0.15, -0.1) is 0 Å². The molecule has 0 fully saturated rings. The number of hydrogen-bond acceptors (Lipinski definition) is 13. The number of amides is 2. The first-order chi connectivity index (χ1) is 31.0. The number of phosphoric acid groups is 1. The number of fused-ring (bicyclic) bond motifs is 3. The minimum atomic E-state index is -4.78. The zero-order chi connectivity index (χ0) is 46.2. The fourth-order valence-electron chi connectivity index (χ4n) is 6.90. The molecule has 2 heterocycles. The molecule has 1 aliphatic heterocycles. The Morgan fingerprint density at radius 1 is 0.708 bits per heavy atom. The molecule has 0 spiro atoms. The van der Waals surface area contributed by atoms with Crippen LogP contribution in [-0.2, 0) is 20.6 Å². The number of benzene rings is 6. The van der Waals surface area contributed by atoms with Gasteiger partial charge in [-0.1, -0.05) is 11.6 Å². The first-order valence-corrected chi connectivity index (χ1v) is 20.9. The Morgan fingerprint density at radius 3 is 2.02 bits per heavy atom. The van der Waals surface area contributed by atoms with Crippen molar-refractivity contribution in [3.8, 4) is 45.4 Å². The Hall–Kier alpha value is -8.24. The van der Waals surface area contributed by atoms with Gasteiger partial charge in [-0.2, -0.15) is 0 Å². The van der Waals surface area contributed by atoms with Crippen molar-refractivity contribution in [2.24, 2.45) is 0 Å². The van der Waals surface area contributed by atoms with Crippen LogP contribution in [-0.4, -0.2) is 38.9 Å². The van der Waals surface area contributed by atoms with E-state index in [4.69, 9.17) is 34.2 Å². The van der Waals surface area contributed by atoms with Gasteiger partial charge in [0.15, 0.2) is 5.43 Å². The molecular formula is C46H30ClN2O15P. The smallest absolute Gasteiger partial charge is 0.506 e. The molecule has 19 heteroatoms. The quantitative estimate of drug-likeness (QED) is 0.0253. The molecule has 5 aromatic carbocycles. The number of esters is 1. The fraction of sp³-hybridized carbons (Fsp3) is 0.0435. The van der Waals surface area contributed by atoms with Crippen LogP contribution in [0.15, 0.2) is 140 Å². The standard InChI is InChI=1S/C46H30ClN2O15P/c1-23(50)60-31-12-15-34-40(20-31)61-39-19-28(51)7-14-33(39)44(34)36-16-24(2-13-32(36)46(56)57)45(55)49-27-5-10-30(11-6-27)64-65(58,59)63-29-8-3-26(4-9-29)48-42(53)17-25-18-43(54)62-41-22-38(52)37(47)21-35(25)41/h2-16,18-22,52H,17H2,1H3,(H,48,53)(H,49,55)(H,56,57)(H,58,59). The number of ether oxygens (including phenoxy) is 1. The molecule has 0 saturated carbocycles. The number of carbonyl (C=O) groups excluding carboxylic acids is 3. The molecule has 1 aliphatic carbocycles. The average molecular weight is 917 g/mol. The molecule has 0 radical (unpaired) electrons. The van der Waals surface area contributed by atoms with E-state index in [1.807, 2.05) is 0 Å². The lowest BCUT2D eigenvalue weighted by Gasteiger charge is -2.18. The van der Waals surface area contributed by atoms with E-state index in [1.54, 1.807) is 6.07 Å². The van der Waals surface area contributed by atoms with Gasteiger partial charge in [0.05, 0.1) is 17.0 Å². The summed E-state index contributed by atoms with van der Waals surface area (Å²) in [6, 6.07) is 27.0. The molecule has 0 saturated heterocycles. The second-order valence-corrected chi connectivity index (χ2v) is 15.9. The summed E-state index contributed by atoms with van der Waals surface area (Å²) in [7, 11) is -4.78. The number of carbonyl (C=O) groups is 4. The van der Waals surface area contributed by atoms with Crippen molar-refractivity contribution in [2.75, 3.05) is 10.6 Å². The molecule has 6 aromatic rings. The van der Waals surface area contributed by atoms with E-state index in [-0.39, 0.29) is 79.2 Å². The molecule has 1 aromatic heterocycles. The van der Waals surface area contributed by atoms with Gasteiger partial charge >= 0.3 is 25.4 Å². The number of phenols is 1. The van der Waals surface area contributed by atoms with Crippen LogP contribution in [0.5, 0.6) is 23.0 Å². The minimum Gasteiger partial charge on any atom is -0.506 e. The maximum atomic E-state index is 13.6. The van der Waals surface area contributed by atoms with Gasteiger partial charge in [0, 0.05) is 70.0 Å². The summed E-state index contributed by atoms with van der Waals surface area (Å²) in [6.07, 6.45) is -0.250. The highest BCUT2D eigenvalue weighted by Gasteiger charge is 2.26. The third kappa shape index (κ3) is 9.72. The molecule has 2 amide bonds. The third-order valence-electron chi connectivity index (χ3n) is 9.65. The van der Waals surface area contributed by atoms with Gasteiger partial charge < -0.3 is 43.5 Å². The molecule has 1 unspecified atom stereocenters. The molecular weight excluding hydrogens is 887 g/mol. The molecule has 8 rings (SSSR count). The minimum absolute atomic E-state index is 0.00243. The van der Waals surface area contributed by atoms with Crippen molar-refractivity contribution in [3.05, 3.63) is 164 Å².